The van der Waals surface area contributed by atoms with Crippen LogP contribution in [-0.2, 0) is 0 Å². The molecule has 0 radical (unpaired) electrons. The lowest BCUT2D eigenvalue weighted by atomic mass is 9.88. The fraction of sp³-hybridized carbons (Fsp3) is 0. The van der Waals surface area contributed by atoms with E-state index in [-0.39, 0.29) is 0 Å². The number of benzene rings is 9. The molecule has 61 heavy (non-hydrogen) atoms. The minimum atomic E-state index is 0.697. The Morgan fingerprint density at radius 2 is 0.885 bits per heavy atom. The third kappa shape index (κ3) is 5.88. The lowest BCUT2D eigenvalue weighted by molar-refractivity contribution is 0.669. The molecule has 0 amide bonds. The summed E-state index contributed by atoms with van der Waals surface area (Å²) in [4.78, 5) is 15.7. The van der Waals surface area contributed by atoms with Crippen molar-refractivity contribution in [3.8, 4) is 67.4 Å². The number of furan rings is 1. The van der Waals surface area contributed by atoms with Crippen LogP contribution in [-0.4, -0.2) is 15.0 Å². The van der Waals surface area contributed by atoms with E-state index in [1.807, 2.05) is 30.3 Å². The maximum atomic E-state index is 6.64. The summed E-state index contributed by atoms with van der Waals surface area (Å²) in [6.45, 7) is 0. The molecule has 0 saturated heterocycles. The van der Waals surface area contributed by atoms with E-state index in [1.165, 1.54) is 5.39 Å². The molecule has 0 atom stereocenters. The van der Waals surface area contributed by atoms with E-state index < -0.39 is 0 Å². The molecule has 12 rings (SSSR count). The van der Waals surface area contributed by atoms with Crippen molar-refractivity contribution in [2.45, 2.75) is 0 Å². The molecule has 0 N–H and O–H groups in total. The largest absolute Gasteiger partial charge is 0.456 e. The molecule has 3 aromatic heterocycles. The van der Waals surface area contributed by atoms with Gasteiger partial charge in [0.05, 0.1) is 22.6 Å². The zero-order valence-electron chi connectivity index (χ0n) is 33.0. The Labute approximate surface area is 352 Å². The molecular weight excluding hydrogens is 743 g/mol. The van der Waals surface area contributed by atoms with Gasteiger partial charge in [-0.2, -0.15) is 0 Å². The highest BCUT2D eigenvalue weighted by Gasteiger charge is 2.22. The number of rotatable bonds is 6. The van der Waals surface area contributed by atoms with Crippen LogP contribution in [0.5, 0.6) is 0 Å². The first kappa shape index (κ1) is 34.8. The Bertz CT molecular complexity index is 3580. The molecule has 0 aliphatic carbocycles. The highest BCUT2D eigenvalue weighted by Crippen LogP contribution is 2.47. The number of fused-ring (bicyclic) bond motifs is 7. The van der Waals surface area contributed by atoms with Gasteiger partial charge in [-0.15, -0.1) is 0 Å². The van der Waals surface area contributed by atoms with Crippen LogP contribution in [0.4, 0.5) is 0 Å². The molecule has 0 saturated carbocycles. The first-order valence-electron chi connectivity index (χ1n) is 20.6. The molecule has 4 heteroatoms. The van der Waals surface area contributed by atoms with Gasteiger partial charge in [-0.25, -0.2) is 15.0 Å². The lowest BCUT2D eigenvalue weighted by Gasteiger charge is -2.17. The van der Waals surface area contributed by atoms with Crippen molar-refractivity contribution in [1.29, 1.82) is 0 Å². The van der Waals surface area contributed by atoms with E-state index in [0.29, 0.717) is 5.82 Å². The second-order valence-corrected chi connectivity index (χ2v) is 15.5. The molecular formula is C57H35N3O. The van der Waals surface area contributed by atoms with Gasteiger partial charge in [0.2, 0.25) is 0 Å². The Hall–Kier alpha value is -8.21. The molecule has 0 bridgehead atoms. The third-order valence-corrected chi connectivity index (χ3v) is 11.9. The number of pyridine rings is 1. The quantitative estimate of drug-likeness (QED) is 0.158. The topological polar surface area (TPSA) is 51.8 Å². The summed E-state index contributed by atoms with van der Waals surface area (Å²) in [5, 5.41) is 7.82. The fourth-order valence-electron chi connectivity index (χ4n) is 9.10. The molecule has 0 aliphatic rings. The summed E-state index contributed by atoms with van der Waals surface area (Å²) in [6, 6.07) is 74.3. The third-order valence-electron chi connectivity index (χ3n) is 11.9. The maximum absolute atomic E-state index is 6.64. The van der Waals surface area contributed by atoms with Crippen LogP contribution < -0.4 is 0 Å². The zero-order chi connectivity index (χ0) is 40.3. The van der Waals surface area contributed by atoms with E-state index in [1.54, 1.807) is 0 Å². The summed E-state index contributed by atoms with van der Waals surface area (Å²) in [6.07, 6.45) is 0. The number of nitrogens with zero attached hydrogens (tertiary/aromatic N) is 3. The van der Waals surface area contributed by atoms with Gasteiger partial charge in [0.15, 0.2) is 5.82 Å². The van der Waals surface area contributed by atoms with Crippen LogP contribution in [0.15, 0.2) is 217 Å². The number of hydrogen-bond acceptors (Lipinski definition) is 4. The zero-order valence-corrected chi connectivity index (χ0v) is 33.0. The molecule has 284 valence electrons. The van der Waals surface area contributed by atoms with Gasteiger partial charge in [-0.1, -0.05) is 182 Å². The van der Waals surface area contributed by atoms with Crippen molar-refractivity contribution in [1.82, 2.24) is 15.0 Å². The fourth-order valence-corrected chi connectivity index (χ4v) is 9.10. The SMILES string of the molecule is c1ccc(-c2cc(-c3ccc(-c4cccc(-c5nc6ccccc6c6c(-c7ccccc7)c7c(cc56)oc5ccccc57)c4)c4ccccc34)nc(-c3ccccc3)n2)cc1. The Morgan fingerprint density at radius 1 is 0.311 bits per heavy atom. The van der Waals surface area contributed by atoms with Gasteiger partial charge in [0.25, 0.3) is 0 Å². The van der Waals surface area contributed by atoms with Gasteiger partial charge in [0.1, 0.15) is 11.2 Å². The van der Waals surface area contributed by atoms with Gasteiger partial charge in [-0.3, -0.25) is 0 Å². The Kier molecular flexibility index (Phi) is 8.13. The molecule has 0 unspecified atom stereocenters. The smallest absolute Gasteiger partial charge is 0.160 e. The average Bonchev–Trinajstić information content (AvgIpc) is 3.71. The number of para-hydroxylation sites is 2. The van der Waals surface area contributed by atoms with E-state index in [0.717, 1.165) is 111 Å². The molecule has 0 fully saturated rings. The summed E-state index contributed by atoms with van der Waals surface area (Å²) >= 11 is 0. The maximum Gasteiger partial charge on any atom is 0.160 e. The van der Waals surface area contributed by atoms with Gasteiger partial charge in [0, 0.05) is 54.7 Å². The van der Waals surface area contributed by atoms with E-state index in [9.17, 15) is 0 Å². The van der Waals surface area contributed by atoms with E-state index in [4.69, 9.17) is 19.4 Å². The van der Waals surface area contributed by atoms with Crippen LogP contribution in [0.1, 0.15) is 0 Å². The number of aromatic nitrogens is 3. The van der Waals surface area contributed by atoms with Crippen LogP contribution >= 0.6 is 0 Å². The van der Waals surface area contributed by atoms with Crippen LogP contribution in [0.25, 0.3) is 122 Å². The minimum absolute atomic E-state index is 0.697. The minimum Gasteiger partial charge on any atom is -0.456 e. The van der Waals surface area contributed by atoms with E-state index in [2.05, 4.69) is 182 Å². The molecule has 9 aromatic carbocycles. The van der Waals surface area contributed by atoms with Crippen molar-refractivity contribution in [2.24, 2.45) is 0 Å². The molecule has 12 aromatic rings. The van der Waals surface area contributed by atoms with Crippen molar-refractivity contribution < 1.29 is 4.42 Å². The Morgan fingerprint density at radius 3 is 1.66 bits per heavy atom. The first-order valence-corrected chi connectivity index (χ1v) is 20.6. The van der Waals surface area contributed by atoms with Crippen molar-refractivity contribution >= 4 is 54.4 Å². The van der Waals surface area contributed by atoms with Crippen LogP contribution in [0.3, 0.4) is 0 Å². The van der Waals surface area contributed by atoms with Crippen molar-refractivity contribution in [3.63, 3.8) is 0 Å². The highest BCUT2D eigenvalue weighted by atomic mass is 16.3. The summed E-state index contributed by atoms with van der Waals surface area (Å²) in [5.41, 5.74) is 14.0. The number of hydrogen-bond donors (Lipinski definition) is 0. The molecule has 0 aliphatic heterocycles. The summed E-state index contributed by atoms with van der Waals surface area (Å²) in [5.74, 6) is 0.697. The lowest BCUT2D eigenvalue weighted by Crippen LogP contribution is -1.96. The van der Waals surface area contributed by atoms with Crippen molar-refractivity contribution in [3.05, 3.63) is 212 Å². The summed E-state index contributed by atoms with van der Waals surface area (Å²) < 4.78 is 6.64. The predicted octanol–water partition coefficient (Wildman–Crippen LogP) is 15.2. The van der Waals surface area contributed by atoms with E-state index >= 15 is 0 Å². The van der Waals surface area contributed by atoms with Crippen molar-refractivity contribution in [2.75, 3.05) is 0 Å². The normalized spacial score (nSPS) is 11.6. The predicted molar refractivity (Wildman–Crippen MR) is 252 cm³/mol. The molecule has 4 nitrogen and oxygen atoms in total. The molecule has 3 heterocycles. The van der Waals surface area contributed by atoms with Crippen LogP contribution in [0.2, 0.25) is 0 Å². The highest BCUT2D eigenvalue weighted by molar-refractivity contribution is 6.27. The second kappa shape index (κ2) is 14.3. The van der Waals surface area contributed by atoms with Gasteiger partial charge < -0.3 is 4.42 Å². The van der Waals surface area contributed by atoms with Crippen LogP contribution in [0, 0.1) is 0 Å². The van der Waals surface area contributed by atoms with Gasteiger partial charge in [-0.05, 0) is 57.8 Å². The molecule has 0 spiro atoms. The standard InChI is InChI=1S/C57H35N3O/c1-4-17-36(18-5-1)49-35-50(60-57(59-49)38-21-8-3-9-22-38)44-32-31-41(42-25-10-11-26-43(42)44)39-23-16-24-40(33-39)56-47-34-52-55(46-28-13-15-30-51(46)61-52)53(37-19-6-2-7-20-37)54(47)45-27-12-14-29-48(45)58-56/h1-35H. The summed E-state index contributed by atoms with van der Waals surface area (Å²) in [7, 11) is 0. The average molecular weight is 778 g/mol. The first-order chi connectivity index (χ1) is 30.2. The monoisotopic (exact) mass is 777 g/mol. The van der Waals surface area contributed by atoms with Gasteiger partial charge >= 0.3 is 0 Å². The Balaban J connectivity index is 1.06. The second-order valence-electron chi connectivity index (χ2n) is 15.5.